The molecule has 18 heavy (non-hydrogen) atoms. The maximum atomic E-state index is 8.84. The Bertz CT molecular complexity index is 558. The summed E-state index contributed by atoms with van der Waals surface area (Å²) in [4.78, 5) is 1.33. The third-order valence-electron chi connectivity index (χ3n) is 2.72. The highest BCUT2D eigenvalue weighted by molar-refractivity contribution is 9.10. The predicted molar refractivity (Wildman–Crippen MR) is 79.8 cm³/mol. The van der Waals surface area contributed by atoms with Crippen molar-refractivity contribution in [2.24, 2.45) is 0 Å². The van der Waals surface area contributed by atoms with E-state index >= 15 is 0 Å². The molecule has 0 aliphatic rings. The van der Waals surface area contributed by atoms with Gasteiger partial charge < -0.3 is 5.32 Å². The first-order valence-corrected chi connectivity index (χ1v) is 7.41. The van der Waals surface area contributed by atoms with E-state index in [9.17, 15) is 0 Å². The summed E-state index contributed by atoms with van der Waals surface area (Å²) in [5.41, 5.74) is 1.69. The lowest BCUT2D eigenvalue weighted by Gasteiger charge is -2.18. The lowest BCUT2D eigenvalue weighted by atomic mass is 10.1. The second-order valence-electron chi connectivity index (χ2n) is 3.93. The minimum atomic E-state index is 0.314. The van der Waals surface area contributed by atoms with Crippen molar-refractivity contribution in [3.8, 4) is 6.07 Å². The van der Waals surface area contributed by atoms with Crippen LogP contribution in [0, 0.1) is 11.3 Å². The number of benzene rings is 1. The molecule has 92 valence electrons. The van der Waals surface area contributed by atoms with Crippen LogP contribution in [0.4, 0.5) is 5.69 Å². The fourth-order valence-corrected chi connectivity index (χ4v) is 3.11. The van der Waals surface area contributed by atoms with Crippen molar-refractivity contribution in [2.75, 3.05) is 5.32 Å². The highest BCUT2D eigenvalue weighted by Gasteiger charge is 2.11. The van der Waals surface area contributed by atoms with Gasteiger partial charge in [-0.2, -0.15) is 5.26 Å². The molecule has 1 atom stereocenters. The van der Waals surface area contributed by atoms with Crippen LogP contribution in [-0.2, 0) is 0 Å². The van der Waals surface area contributed by atoms with Gasteiger partial charge in [0.1, 0.15) is 0 Å². The van der Waals surface area contributed by atoms with Gasteiger partial charge in [-0.05, 0) is 52.0 Å². The van der Waals surface area contributed by atoms with Gasteiger partial charge in [-0.25, -0.2) is 0 Å². The third-order valence-corrected chi connectivity index (χ3v) is 4.36. The van der Waals surface area contributed by atoms with Crippen molar-refractivity contribution in [3.05, 3.63) is 50.6 Å². The SMILES string of the molecule is CCC(Nc1ccc(C#N)cc1Br)c1cccs1. The molecule has 1 unspecified atom stereocenters. The van der Waals surface area contributed by atoms with Gasteiger partial charge in [-0.3, -0.25) is 0 Å². The normalized spacial score (nSPS) is 11.8. The van der Waals surface area contributed by atoms with Crippen LogP contribution >= 0.6 is 27.3 Å². The summed E-state index contributed by atoms with van der Waals surface area (Å²) in [6.45, 7) is 2.16. The summed E-state index contributed by atoms with van der Waals surface area (Å²) in [6.07, 6.45) is 1.02. The maximum absolute atomic E-state index is 8.84. The van der Waals surface area contributed by atoms with Crippen LogP contribution in [0.25, 0.3) is 0 Å². The number of anilines is 1. The van der Waals surface area contributed by atoms with Crippen LogP contribution in [-0.4, -0.2) is 0 Å². The fraction of sp³-hybridized carbons (Fsp3) is 0.214. The van der Waals surface area contributed by atoms with E-state index in [4.69, 9.17) is 5.26 Å². The zero-order valence-electron chi connectivity index (χ0n) is 9.98. The van der Waals surface area contributed by atoms with Crippen LogP contribution in [0.3, 0.4) is 0 Å². The van der Waals surface area contributed by atoms with Gasteiger partial charge in [0.25, 0.3) is 0 Å². The minimum absolute atomic E-state index is 0.314. The van der Waals surface area contributed by atoms with E-state index in [1.807, 2.05) is 18.2 Å². The van der Waals surface area contributed by atoms with Gasteiger partial charge in [0, 0.05) is 15.0 Å². The van der Waals surface area contributed by atoms with Crippen molar-refractivity contribution in [1.29, 1.82) is 5.26 Å². The Morgan fingerprint density at radius 1 is 1.44 bits per heavy atom. The second kappa shape index (κ2) is 6.03. The predicted octanol–water partition coefficient (Wildman–Crippen LogP) is 4.95. The Morgan fingerprint density at radius 2 is 2.28 bits per heavy atom. The zero-order valence-corrected chi connectivity index (χ0v) is 12.4. The van der Waals surface area contributed by atoms with E-state index in [-0.39, 0.29) is 0 Å². The first kappa shape index (κ1) is 13.1. The van der Waals surface area contributed by atoms with Gasteiger partial charge in [0.15, 0.2) is 0 Å². The monoisotopic (exact) mass is 320 g/mol. The lowest BCUT2D eigenvalue weighted by molar-refractivity contribution is 0.763. The van der Waals surface area contributed by atoms with Gasteiger partial charge in [0.05, 0.1) is 17.7 Å². The number of thiophene rings is 1. The number of hydrogen-bond donors (Lipinski definition) is 1. The molecular weight excluding hydrogens is 308 g/mol. The van der Waals surface area contributed by atoms with Gasteiger partial charge in [-0.15, -0.1) is 11.3 Å². The van der Waals surface area contributed by atoms with Crippen LogP contribution < -0.4 is 5.32 Å². The number of hydrogen-bond acceptors (Lipinski definition) is 3. The molecular formula is C14H13BrN2S. The molecule has 0 amide bonds. The number of nitriles is 1. The Morgan fingerprint density at radius 3 is 2.83 bits per heavy atom. The number of nitrogens with zero attached hydrogens (tertiary/aromatic N) is 1. The molecule has 1 N–H and O–H groups in total. The molecule has 0 saturated carbocycles. The number of halogens is 1. The largest absolute Gasteiger partial charge is 0.377 e. The van der Waals surface area contributed by atoms with E-state index in [2.05, 4.69) is 51.8 Å². The Balaban J connectivity index is 2.20. The standard InChI is InChI=1S/C14H13BrN2S/c1-2-12(14-4-3-7-18-14)17-13-6-5-10(9-16)8-11(13)15/h3-8,12,17H,2H2,1H3. The molecule has 1 aromatic heterocycles. The van der Waals surface area contributed by atoms with Crippen molar-refractivity contribution in [1.82, 2.24) is 0 Å². The van der Waals surface area contributed by atoms with E-state index in [1.54, 1.807) is 11.3 Å². The molecule has 0 aliphatic carbocycles. The van der Waals surface area contributed by atoms with E-state index in [0.29, 0.717) is 11.6 Å². The van der Waals surface area contributed by atoms with Crippen LogP contribution in [0.15, 0.2) is 40.2 Å². The lowest BCUT2D eigenvalue weighted by Crippen LogP contribution is -2.08. The molecule has 0 fully saturated rings. The molecule has 0 bridgehead atoms. The number of nitrogens with one attached hydrogen (secondary N) is 1. The quantitative estimate of drug-likeness (QED) is 0.865. The summed E-state index contributed by atoms with van der Waals surface area (Å²) in [7, 11) is 0. The Labute approximate surface area is 119 Å². The van der Waals surface area contributed by atoms with Crippen LogP contribution in [0.2, 0.25) is 0 Å². The summed E-state index contributed by atoms with van der Waals surface area (Å²) >= 11 is 5.26. The Hall–Kier alpha value is -1.31. The molecule has 1 aromatic carbocycles. The molecule has 0 spiro atoms. The highest BCUT2D eigenvalue weighted by Crippen LogP contribution is 2.30. The molecule has 0 radical (unpaired) electrons. The van der Waals surface area contributed by atoms with Crippen molar-refractivity contribution < 1.29 is 0 Å². The van der Waals surface area contributed by atoms with Gasteiger partial charge >= 0.3 is 0 Å². The highest BCUT2D eigenvalue weighted by atomic mass is 79.9. The van der Waals surface area contributed by atoms with Gasteiger partial charge in [-0.1, -0.05) is 13.0 Å². The van der Waals surface area contributed by atoms with Crippen molar-refractivity contribution in [2.45, 2.75) is 19.4 Å². The van der Waals surface area contributed by atoms with Gasteiger partial charge in [0.2, 0.25) is 0 Å². The minimum Gasteiger partial charge on any atom is -0.377 e. The van der Waals surface area contributed by atoms with Crippen LogP contribution in [0.1, 0.15) is 29.8 Å². The molecule has 0 aliphatic heterocycles. The number of rotatable bonds is 4. The first-order chi connectivity index (χ1) is 8.74. The van der Waals surface area contributed by atoms with E-state index in [1.165, 1.54) is 4.88 Å². The smallest absolute Gasteiger partial charge is 0.0992 e. The van der Waals surface area contributed by atoms with E-state index in [0.717, 1.165) is 16.6 Å². The van der Waals surface area contributed by atoms with Crippen LogP contribution in [0.5, 0.6) is 0 Å². The third kappa shape index (κ3) is 2.92. The molecule has 4 heteroatoms. The zero-order chi connectivity index (χ0) is 13.0. The summed E-state index contributed by atoms with van der Waals surface area (Å²) in [5, 5.41) is 14.4. The topological polar surface area (TPSA) is 35.8 Å². The first-order valence-electron chi connectivity index (χ1n) is 5.74. The fourth-order valence-electron chi connectivity index (χ4n) is 1.75. The Kier molecular flexibility index (Phi) is 4.40. The second-order valence-corrected chi connectivity index (χ2v) is 5.76. The average molecular weight is 321 g/mol. The van der Waals surface area contributed by atoms with E-state index < -0.39 is 0 Å². The molecule has 2 aromatic rings. The average Bonchev–Trinajstić information content (AvgIpc) is 2.91. The summed E-state index contributed by atoms with van der Waals surface area (Å²) < 4.78 is 0.927. The maximum Gasteiger partial charge on any atom is 0.0992 e. The van der Waals surface area contributed by atoms with Crippen molar-refractivity contribution >= 4 is 33.0 Å². The van der Waals surface area contributed by atoms with Crippen molar-refractivity contribution in [3.63, 3.8) is 0 Å². The molecule has 2 nitrogen and oxygen atoms in total. The molecule has 2 rings (SSSR count). The molecule has 1 heterocycles. The summed E-state index contributed by atoms with van der Waals surface area (Å²) in [5.74, 6) is 0. The molecule has 0 saturated heterocycles. The summed E-state index contributed by atoms with van der Waals surface area (Å²) in [6, 6.07) is 12.3.